The summed E-state index contributed by atoms with van der Waals surface area (Å²) in [6, 6.07) is 21.4. The molecule has 33 heavy (non-hydrogen) atoms. The van der Waals surface area contributed by atoms with Crippen molar-refractivity contribution in [2.24, 2.45) is 0 Å². The molecule has 0 saturated carbocycles. The average molecular weight is 522 g/mol. The van der Waals surface area contributed by atoms with Gasteiger partial charge in [0.15, 0.2) is 11.0 Å². The van der Waals surface area contributed by atoms with Crippen LogP contribution in [0.25, 0.3) is 28.0 Å². The van der Waals surface area contributed by atoms with E-state index in [9.17, 15) is 9.18 Å². The molecule has 0 atom stereocenters. The molecule has 0 aliphatic rings. The van der Waals surface area contributed by atoms with Crippen LogP contribution in [0.3, 0.4) is 0 Å². The predicted molar refractivity (Wildman–Crippen MR) is 132 cm³/mol. The molecule has 2 heterocycles. The van der Waals surface area contributed by atoms with Gasteiger partial charge in [0.1, 0.15) is 5.82 Å². The van der Waals surface area contributed by atoms with Crippen molar-refractivity contribution in [1.82, 2.24) is 19.7 Å². The maximum atomic E-state index is 13.6. The third-order valence-corrected chi connectivity index (χ3v) is 6.47. The molecule has 0 saturated heterocycles. The molecule has 5 rings (SSSR count). The van der Waals surface area contributed by atoms with E-state index in [1.165, 1.54) is 23.9 Å². The molecule has 2 N–H and O–H groups in total. The fourth-order valence-corrected chi connectivity index (χ4v) is 4.49. The van der Waals surface area contributed by atoms with Crippen molar-refractivity contribution in [2.75, 3.05) is 11.1 Å². The van der Waals surface area contributed by atoms with Gasteiger partial charge in [0.05, 0.1) is 5.75 Å². The Bertz CT molecular complexity index is 1430. The topological polar surface area (TPSA) is 75.6 Å². The quantitative estimate of drug-likeness (QED) is 0.267. The number of thioether (sulfide) groups is 1. The summed E-state index contributed by atoms with van der Waals surface area (Å²) in [7, 11) is 0. The number of rotatable bonds is 6. The molecule has 164 valence electrons. The lowest BCUT2D eigenvalue weighted by Gasteiger charge is -2.10. The maximum absolute atomic E-state index is 13.6. The highest BCUT2D eigenvalue weighted by atomic mass is 79.9. The van der Waals surface area contributed by atoms with Crippen molar-refractivity contribution in [1.29, 1.82) is 0 Å². The highest BCUT2D eigenvalue weighted by Crippen LogP contribution is 2.32. The van der Waals surface area contributed by atoms with Crippen LogP contribution in [-0.2, 0) is 4.79 Å². The lowest BCUT2D eigenvalue weighted by molar-refractivity contribution is -0.113. The van der Waals surface area contributed by atoms with Gasteiger partial charge < -0.3 is 10.3 Å². The number of nitrogens with zero attached hydrogens (tertiary/aromatic N) is 3. The second-order valence-electron chi connectivity index (χ2n) is 7.21. The number of hydrogen-bond acceptors (Lipinski definition) is 4. The van der Waals surface area contributed by atoms with Crippen LogP contribution in [0, 0.1) is 5.82 Å². The largest absolute Gasteiger partial charge is 0.360 e. The number of nitrogens with one attached hydrogen (secondary N) is 2. The number of benzene rings is 3. The fourth-order valence-electron chi connectivity index (χ4n) is 3.48. The molecule has 3 aromatic carbocycles. The minimum atomic E-state index is -0.330. The van der Waals surface area contributed by atoms with Crippen molar-refractivity contribution in [3.63, 3.8) is 0 Å². The van der Waals surface area contributed by atoms with Crippen LogP contribution in [0.15, 0.2) is 88.6 Å². The summed E-state index contributed by atoms with van der Waals surface area (Å²) in [6.45, 7) is 0. The Morgan fingerprint density at radius 1 is 1.03 bits per heavy atom. The molecule has 0 fully saturated rings. The van der Waals surface area contributed by atoms with Crippen LogP contribution < -0.4 is 5.32 Å². The number of hydrogen-bond donors (Lipinski definition) is 2. The summed E-state index contributed by atoms with van der Waals surface area (Å²) < 4.78 is 16.4. The molecule has 0 aliphatic carbocycles. The Labute approximate surface area is 201 Å². The fraction of sp³-hybridized carbons (Fsp3) is 0.0417. The van der Waals surface area contributed by atoms with Crippen molar-refractivity contribution in [2.45, 2.75) is 5.16 Å². The number of carbonyl (C=O) groups is 1. The summed E-state index contributed by atoms with van der Waals surface area (Å²) in [5, 5.41) is 13.2. The first kappa shape index (κ1) is 21.4. The van der Waals surface area contributed by atoms with E-state index in [2.05, 4.69) is 36.4 Å². The van der Waals surface area contributed by atoms with Gasteiger partial charge in [-0.05, 0) is 54.6 Å². The predicted octanol–water partition coefficient (Wildman–Crippen LogP) is 6.05. The Balaban J connectivity index is 1.46. The van der Waals surface area contributed by atoms with Gasteiger partial charge >= 0.3 is 0 Å². The zero-order valence-corrected chi connectivity index (χ0v) is 19.5. The molecule has 0 unspecified atom stereocenters. The molecule has 2 aromatic heterocycles. The van der Waals surface area contributed by atoms with E-state index >= 15 is 0 Å². The van der Waals surface area contributed by atoms with Gasteiger partial charge in [-0.25, -0.2) is 4.39 Å². The normalized spacial score (nSPS) is 11.1. The van der Waals surface area contributed by atoms with Gasteiger partial charge in [-0.3, -0.25) is 9.36 Å². The zero-order chi connectivity index (χ0) is 22.8. The first-order valence-corrected chi connectivity index (χ1v) is 11.8. The van der Waals surface area contributed by atoms with Crippen molar-refractivity contribution < 1.29 is 9.18 Å². The third-order valence-electron chi connectivity index (χ3n) is 5.01. The summed E-state index contributed by atoms with van der Waals surface area (Å²) >= 11 is 4.64. The van der Waals surface area contributed by atoms with Crippen molar-refractivity contribution >= 4 is 50.2 Å². The van der Waals surface area contributed by atoms with Crippen LogP contribution in [-0.4, -0.2) is 31.4 Å². The number of aromatic amines is 1. The van der Waals surface area contributed by atoms with Gasteiger partial charge in [0, 0.05) is 38.5 Å². The van der Waals surface area contributed by atoms with Crippen LogP contribution in [0.1, 0.15) is 0 Å². The van der Waals surface area contributed by atoms with Gasteiger partial charge in [-0.15, -0.1) is 10.2 Å². The van der Waals surface area contributed by atoms with E-state index < -0.39 is 0 Å². The highest BCUT2D eigenvalue weighted by Gasteiger charge is 2.20. The number of aromatic nitrogens is 4. The lowest BCUT2D eigenvalue weighted by Crippen LogP contribution is -2.14. The number of amides is 1. The van der Waals surface area contributed by atoms with E-state index in [4.69, 9.17) is 0 Å². The van der Waals surface area contributed by atoms with Gasteiger partial charge in [-0.1, -0.05) is 45.9 Å². The first-order chi connectivity index (χ1) is 16.1. The maximum Gasteiger partial charge on any atom is 0.234 e. The van der Waals surface area contributed by atoms with E-state index in [-0.39, 0.29) is 17.5 Å². The Kier molecular flexibility index (Phi) is 5.97. The molecule has 1 amide bonds. The molecular formula is C24H17BrFN5OS. The van der Waals surface area contributed by atoms with Gasteiger partial charge in [0.25, 0.3) is 0 Å². The van der Waals surface area contributed by atoms with Crippen molar-refractivity contribution in [3.05, 3.63) is 89.3 Å². The molecule has 6 nitrogen and oxygen atoms in total. The minimum Gasteiger partial charge on any atom is -0.360 e. The smallest absolute Gasteiger partial charge is 0.234 e. The minimum absolute atomic E-state index is 0.142. The second-order valence-corrected chi connectivity index (χ2v) is 9.07. The van der Waals surface area contributed by atoms with Crippen LogP contribution in [0.4, 0.5) is 10.1 Å². The zero-order valence-electron chi connectivity index (χ0n) is 17.1. The number of H-pyrrole nitrogens is 1. The molecule has 0 spiro atoms. The number of halogens is 2. The van der Waals surface area contributed by atoms with Gasteiger partial charge in [0.2, 0.25) is 5.91 Å². The van der Waals surface area contributed by atoms with E-state index in [0.717, 1.165) is 20.9 Å². The van der Waals surface area contributed by atoms with E-state index in [0.29, 0.717) is 22.4 Å². The molecule has 5 aromatic rings. The third kappa shape index (κ3) is 4.55. The second kappa shape index (κ2) is 9.21. The highest BCUT2D eigenvalue weighted by molar-refractivity contribution is 9.10. The number of para-hydroxylation sites is 1. The molecule has 9 heteroatoms. The summed E-state index contributed by atoms with van der Waals surface area (Å²) in [5.41, 5.74) is 3.26. The summed E-state index contributed by atoms with van der Waals surface area (Å²) in [6.07, 6.45) is 1.88. The van der Waals surface area contributed by atoms with Crippen molar-refractivity contribution in [3.8, 4) is 17.1 Å². The number of anilines is 1. The molecule has 0 bridgehead atoms. The van der Waals surface area contributed by atoms with E-state index in [1.54, 1.807) is 12.1 Å². The molecular weight excluding hydrogens is 505 g/mol. The summed E-state index contributed by atoms with van der Waals surface area (Å²) in [5.74, 6) is 0.256. The van der Waals surface area contributed by atoms with Crippen LogP contribution in [0.2, 0.25) is 0 Å². The summed E-state index contributed by atoms with van der Waals surface area (Å²) in [4.78, 5) is 15.8. The number of fused-ring (bicyclic) bond motifs is 1. The Morgan fingerprint density at radius 3 is 2.58 bits per heavy atom. The monoisotopic (exact) mass is 521 g/mol. The van der Waals surface area contributed by atoms with Gasteiger partial charge in [-0.2, -0.15) is 0 Å². The number of carbonyl (C=O) groups excluding carboxylic acids is 1. The van der Waals surface area contributed by atoms with Crippen LogP contribution in [0.5, 0.6) is 0 Å². The lowest BCUT2D eigenvalue weighted by atomic mass is 10.1. The Hall–Kier alpha value is -3.43. The Morgan fingerprint density at radius 2 is 1.79 bits per heavy atom. The molecule has 0 radical (unpaired) electrons. The van der Waals surface area contributed by atoms with Crippen LogP contribution >= 0.6 is 27.7 Å². The molecule has 0 aliphatic heterocycles. The SMILES string of the molecule is O=C(CSc1nnc(-c2c[nH]c3ccccc23)n1-c1ccc(F)cc1)Nc1ccc(Br)cc1. The standard InChI is InChI=1S/C24H17BrFN5OS/c25-15-5-9-17(10-6-15)28-22(32)14-33-24-30-29-23(31(24)18-11-7-16(26)8-12-18)20-13-27-21-4-2-1-3-19(20)21/h1-13,27H,14H2,(H,28,32). The van der Waals surface area contributed by atoms with E-state index in [1.807, 2.05) is 59.3 Å². The first-order valence-electron chi connectivity index (χ1n) is 10.0. The average Bonchev–Trinajstić information content (AvgIpc) is 3.44.